The quantitative estimate of drug-likeness (QED) is 0.529. The molecular weight excluding hydrogens is 430 g/mol. The van der Waals surface area contributed by atoms with Crippen LogP contribution in [0, 0.1) is 6.92 Å². The summed E-state index contributed by atoms with van der Waals surface area (Å²) in [5.41, 5.74) is 0.824. The average molecular weight is 448 g/mol. The first kappa shape index (κ1) is 21.5. The molecule has 29 heavy (non-hydrogen) atoms. The zero-order chi connectivity index (χ0) is 21.5. The van der Waals surface area contributed by atoms with Crippen LogP contribution in [0.5, 0.6) is 0 Å². The number of carbonyl (C=O) groups is 1. The zero-order valence-electron chi connectivity index (χ0n) is 15.8. The molecule has 1 unspecified atom stereocenters. The topological polar surface area (TPSA) is 59.5 Å². The minimum Gasteiger partial charge on any atom is -0.441 e. The Morgan fingerprint density at radius 1 is 1.31 bits per heavy atom. The van der Waals surface area contributed by atoms with Gasteiger partial charge in [0.15, 0.2) is 6.04 Å². The molecule has 1 aromatic carbocycles. The van der Waals surface area contributed by atoms with Crippen LogP contribution in [-0.2, 0) is 11.2 Å². The van der Waals surface area contributed by atoms with Crippen molar-refractivity contribution in [2.45, 2.75) is 45.8 Å². The van der Waals surface area contributed by atoms with Gasteiger partial charge in [-0.25, -0.2) is 0 Å². The SMILES string of the molecule is CCC(=O)NC(c1c(CC)nn2c(-c3ccc(Cl)cc3Cl)c(C)oc12)C(F)(F)F. The summed E-state index contributed by atoms with van der Waals surface area (Å²) in [6.07, 6.45) is -4.59. The van der Waals surface area contributed by atoms with Crippen LogP contribution in [0.4, 0.5) is 13.2 Å². The number of alkyl halides is 3. The van der Waals surface area contributed by atoms with E-state index < -0.39 is 18.1 Å². The van der Waals surface area contributed by atoms with Gasteiger partial charge in [0.05, 0.1) is 16.3 Å². The summed E-state index contributed by atoms with van der Waals surface area (Å²) in [6, 6.07) is 2.56. The molecule has 1 amide bonds. The highest BCUT2D eigenvalue weighted by atomic mass is 35.5. The normalized spacial score (nSPS) is 13.1. The number of benzene rings is 1. The van der Waals surface area contributed by atoms with Gasteiger partial charge in [-0.05, 0) is 31.5 Å². The Morgan fingerprint density at radius 2 is 2.00 bits per heavy atom. The van der Waals surface area contributed by atoms with E-state index in [1.165, 1.54) is 17.5 Å². The number of aromatic nitrogens is 2. The molecule has 3 aromatic rings. The van der Waals surface area contributed by atoms with Crippen molar-refractivity contribution in [3.8, 4) is 11.3 Å². The van der Waals surface area contributed by atoms with E-state index >= 15 is 0 Å². The Morgan fingerprint density at radius 3 is 2.55 bits per heavy atom. The lowest BCUT2D eigenvalue weighted by molar-refractivity contribution is -0.163. The third-order valence-corrected chi connectivity index (χ3v) is 5.06. The average Bonchev–Trinajstić information content (AvgIpc) is 3.13. The largest absolute Gasteiger partial charge is 0.441 e. The molecule has 2 aromatic heterocycles. The van der Waals surface area contributed by atoms with Crippen LogP contribution in [-0.4, -0.2) is 21.7 Å². The fraction of sp³-hybridized carbons (Fsp3) is 0.368. The van der Waals surface area contributed by atoms with Gasteiger partial charge >= 0.3 is 6.18 Å². The van der Waals surface area contributed by atoms with Gasteiger partial charge in [0, 0.05) is 17.0 Å². The monoisotopic (exact) mass is 447 g/mol. The van der Waals surface area contributed by atoms with Gasteiger partial charge in [0.1, 0.15) is 11.5 Å². The number of hydrogen-bond donors (Lipinski definition) is 1. The molecule has 156 valence electrons. The Labute approximate surface area is 174 Å². The van der Waals surface area contributed by atoms with Gasteiger partial charge in [0.25, 0.3) is 0 Å². The van der Waals surface area contributed by atoms with Crippen LogP contribution in [0.2, 0.25) is 10.0 Å². The number of nitrogens with one attached hydrogen (secondary N) is 1. The van der Waals surface area contributed by atoms with Gasteiger partial charge in [-0.1, -0.05) is 37.0 Å². The van der Waals surface area contributed by atoms with Crippen LogP contribution in [0.25, 0.3) is 17.0 Å². The molecule has 0 saturated heterocycles. The van der Waals surface area contributed by atoms with Crippen LogP contribution in [0.1, 0.15) is 43.3 Å². The highest BCUT2D eigenvalue weighted by molar-refractivity contribution is 6.36. The fourth-order valence-electron chi connectivity index (χ4n) is 3.17. The first-order valence-corrected chi connectivity index (χ1v) is 9.66. The zero-order valence-corrected chi connectivity index (χ0v) is 17.3. The summed E-state index contributed by atoms with van der Waals surface area (Å²) in [7, 11) is 0. The lowest BCUT2D eigenvalue weighted by Gasteiger charge is -2.21. The molecule has 5 nitrogen and oxygen atoms in total. The predicted molar refractivity (Wildman–Crippen MR) is 104 cm³/mol. The molecular formula is C19H18Cl2F3N3O2. The highest BCUT2D eigenvalue weighted by Crippen LogP contribution is 2.41. The van der Waals surface area contributed by atoms with E-state index in [1.54, 1.807) is 26.0 Å². The van der Waals surface area contributed by atoms with Crippen molar-refractivity contribution in [1.29, 1.82) is 0 Å². The van der Waals surface area contributed by atoms with Crippen LogP contribution >= 0.6 is 23.2 Å². The number of fused-ring (bicyclic) bond motifs is 1. The second-order valence-electron chi connectivity index (χ2n) is 6.46. The number of halogens is 5. The molecule has 0 aliphatic carbocycles. The molecule has 0 aliphatic heterocycles. The minimum absolute atomic E-state index is 0.0821. The lowest BCUT2D eigenvalue weighted by Crippen LogP contribution is -2.38. The van der Waals surface area contributed by atoms with Gasteiger partial charge < -0.3 is 9.73 Å². The Bertz CT molecular complexity index is 1070. The Hall–Kier alpha value is -2.19. The van der Waals surface area contributed by atoms with Crippen LogP contribution in [0.3, 0.4) is 0 Å². The highest BCUT2D eigenvalue weighted by Gasteiger charge is 2.46. The van der Waals surface area contributed by atoms with Crippen molar-refractivity contribution in [2.24, 2.45) is 0 Å². The van der Waals surface area contributed by atoms with E-state index in [0.717, 1.165) is 0 Å². The van der Waals surface area contributed by atoms with Crippen molar-refractivity contribution in [1.82, 2.24) is 14.9 Å². The lowest BCUT2D eigenvalue weighted by atomic mass is 10.1. The third kappa shape index (κ3) is 3.96. The summed E-state index contributed by atoms with van der Waals surface area (Å²) < 4.78 is 48.5. The standard InChI is InChI=1S/C19H18Cl2F3N3O2/c1-4-13-15(17(19(22,23)24)25-14(28)5-2)18-27(26-13)16(9(3)29-18)11-7-6-10(20)8-12(11)21/h6-8,17H,4-5H2,1-3H3,(H,25,28). The Kier molecular flexibility index (Phi) is 5.87. The number of oxazole rings is 1. The maximum absolute atomic E-state index is 13.8. The Balaban J connectivity index is 2.27. The van der Waals surface area contributed by atoms with Crippen LogP contribution < -0.4 is 5.32 Å². The molecule has 0 saturated carbocycles. The summed E-state index contributed by atoms with van der Waals surface area (Å²) in [4.78, 5) is 11.8. The number of aryl methyl sites for hydroxylation is 2. The first-order valence-electron chi connectivity index (χ1n) is 8.90. The molecule has 0 radical (unpaired) electrons. The molecule has 1 N–H and O–H groups in total. The van der Waals surface area contributed by atoms with Crippen LogP contribution in [0.15, 0.2) is 22.6 Å². The summed E-state index contributed by atoms with van der Waals surface area (Å²) in [5, 5.41) is 7.11. The van der Waals surface area contributed by atoms with E-state index in [2.05, 4.69) is 5.10 Å². The number of nitrogens with zero attached hydrogens (tertiary/aromatic N) is 2. The van der Waals surface area contributed by atoms with Crippen molar-refractivity contribution >= 4 is 34.8 Å². The number of carbonyl (C=O) groups excluding carboxylic acids is 1. The molecule has 1 atom stereocenters. The molecule has 0 aliphatic rings. The van der Waals surface area contributed by atoms with E-state index in [0.29, 0.717) is 27.1 Å². The summed E-state index contributed by atoms with van der Waals surface area (Å²) in [5.74, 6) is -0.388. The van der Waals surface area contributed by atoms with Gasteiger partial charge in [0.2, 0.25) is 11.6 Å². The van der Waals surface area contributed by atoms with Crippen molar-refractivity contribution < 1.29 is 22.4 Å². The predicted octanol–water partition coefficient (Wildman–Crippen LogP) is 5.90. The maximum atomic E-state index is 13.8. The maximum Gasteiger partial charge on any atom is 0.413 e. The molecule has 2 heterocycles. The van der Waals surface area contributed by atoms with E-state index in [9.17, 15) is 18.0 Å². The second-order valence-corrected chi connectivity index (χ2v) is 7.30. The third-order valence-electron chi connectivity index (χ3n) is 4.51. The van der Waals surface area contributed by atoms with Gasteiger partial charge in [-0.3, -0.25) is 4.79 Å². The smallest absolute Gasteiger partial charge is 0.413 e. The number of amides is 1. The summed E-state index contributed by atoms with van der Waals surface area (Å²) in [6.45, 7) is 4.77. The second kappa shape index (κ2) is 7.91. The molecule has 0 spiro atoms. The van der Waals surface area contributed by atoms with Gasteiger partial charge in [-0.15, -0.1) is 0 Å². The molecule has 0 bridgehead atoms. The molecule has 0 fully saturated rings. The molecule has 3 rings (SSSR count). The number of rotatable bonds is 5. The van der Waals surface area contributed by atoms with E-state index in [4.69, 9.17) is 27.6 Å². The van der Waals surface area contributed by atoms with E-state index in [1.807, 2.05) is 5.32 Å². The first-order chi connectivity index (χ1) is 13.6. The molecule has 10 heteroatoms. The van der Waals surface area contributed by atoms with Crippen molar-refractivity contribution in [3.63, 3.8) is 0 Å². The minimum atomic E-state index is -4.73. The summed E-state index contributed by atoms with van der Waals surface area (Å²) >= 11 is 12.2. The number of hydrogen-bond acceptors (Lipinski definition) is 3. The van der Waals surface area contributed by atoms with E-state index in [-0.39, 0.29) is 29.8 Å². The van der Waals surface area contributed by atoms with Crippen molar-refractivity contribution in [2.75, 3.05) is 0 Å². The van der Waals surface area contributed by atoms with Gasteiger partial charge in [-0.2, -0.15) is 22.8 Å². The fourth-order valence-corrected chi connectivity index (χ4v) is 3.66. The van der Waals surface area contributed by atoms with Crippen molar-refractivity contribution in [3.05, 3.63) is 45.3 Å².